The molecular formula is C10H17N. The zero-order valence-corrected chi connectivity index (χ0v) is 7.43. The van der Waals surface area contributed by atoms with Gasteiger partial charge >= 0.3 is 0 Å². The molecule has 0 saturated heterocycles. The van der Waals surface area contributed by atoms with Crippen LogP contribution in [-0.4, -0.2) is 6.04 Å². The molecule has 0 aromatic carbocycles. The van der Waals surface area contributed by atoms with E-state index < -0.39 is 0 Å². The molecule has 2 aliphatic rings. The summed E-state index contributed by atoms with van der Waals surface area (Å²) in [5.74, 6) is 1.46. The number of fused-ring (bicyclic) bond motifs is 2. The number of hydrogen-bond donors (Lipinski definition) is 1. The Morgan fingerprint density at radius 3 is 1.91 bits per heavy atom. The van der Waals surface area contributed by atoms with E-state index in [-0.39, 0.29) is 0 Å². The van der Waals surface area contributed by atoms with E-state index in [1.165, 1.54) is 19.3 Å². The molecule has 0 radical (unpaired) electrons. The van der Waals surface area contributed by atoms with Gasteiger partial charge in [0.15, 0.2) is 0 Å². The van der Waals surface area contributed by atoms with Gasteiger partial charge in [-0.15, -0.1) is 0 Å². The average Bonchev–Trinajstić information content (AvgIpc) is 2.19. The van der Waals surface area contributed by atoms with E-state index in [9.17, 15) is 0 Å². The highest BCUT2D eigenvalue weighted by molar-refractivity contribution is 5.28. The first kappa shape index (κ1) is 7.35. The summed E-state index contributed by atoms with van der Waals surface area (Å²) in [5, 5.41) is 0. The van der Waals surface area contributed by atoms with Gasteiger partial charge in [0.05, 0.1) is 0 Å². The fourth-order valence-electron chi connectivity index (χ4n) is 2.82. The molecule has 3 atom stereocenters. The molecule has 0 spiro atoms. The Labute approximate surface area is 68.7 Å². The van der Waals surface area contributed by atoms with E-state index in [0.717, 1.165) is 11.8 Å². The average molecular weight is 151 g/mol. The molecule has 2 aliphatic carbocycles. The van der Waals surface area contributed by atoms with Crippen molar-refractivity contribution in [3.63, 3.8) is 0 Å². The second-order valence-electron chi connectivity index (χ2n) is 4.09. The smallest absolute Gasteiger partial charge is 0.0171 e. The largest absolute Gasteiger partial charge is 0.327 e. The summed E-state index contributed by atoms with van der Waals surface area (Å²) in [4.78, 5) is 0. The molecule has 1 fully saturated rings. The summed E-state index contributed by atoms with van der Waals surface area (Å²) in [6.07, 6.45) is 4.05. The topological polar surface area (TPSA) is 26.0 Å². The Morgan fingerprint density at radius 2 is 1.55 bits per heavy atom. The molecule has 11 heavy (non-hydrogen) atoms. The van der Waals surface area contributed by atoms with Crippen molar-refractivity contribution in [1.29, 1.82) is 0 Å². The molecule has 1 nitrogen and oxygen atoms in total. The van der Waals surface area contributed by atoms with Gasteiger partial charge in [0.1, 0.15) is 0 Å². The minimum Gasteiger partial charge on any atom is -0.327 e. The van der Waals surface area contributed by atoms with Crippen LogP contribution in [0.15, 0.2) is 11.1 Å². The highest BCUT2D eigenvalue weighted by atomic mass is 14.7. The molecule has 2 bridgehead atoms. The van der Waals surface area contributed by atoms with E-state index in [1.807, 2.05) is 0 Å². The van der Waals surface area contributed by atoms with Gasteiger partial charge in [0.25, 0.3) is 0 Å². The van der Waals surface area contributed by atoms with E-state index in [4.69, 9.17) is 5.73 Å². The van der Waals surface area contributed by atoms with Crippen molar-refractivity contribution in [2.45, 2.75) is 39.2 Å². The molecule has 0 amide bonds. The lowest BCUT2D eigenvalue weighted by Gasteiger charge is -2.28. The molecule has 62 valence electrons. The summed E-state index contributed by atoms with van der Waals surface area (Å²) in [6.45, 7) is 4.54. The van der Waals surface area contributed by atoms with Gasteiger partial charge in [-0.25, -0.2) is 0 Å². The second kappa shape index (κ2) is 2.34. The van der Waals surface area contributed by atoms with E-state index >= 15 is 0 Å². The van der Waals surface area contributed by atoms with Crippen LogP contribution in [0.3, 0.4) is 0 Å². The highest BCUT2D eigenvalue weighted by Crippen LogP contribution is 2.44. The molecule has 1 unspecified atom stereocenters. The molecule has 1 heteroatoms. The summed E-state index contributed by atoms with van der Waals surface area (Å²) < 4.78 is 0. The van der Waals surface area contributed by atoms with E-state index in [2.05, 4.69) is 13.8 Å². The number of nitrogens with two attached hydrogens (primary N) is 1. The van der Waals surface area contributed by atoms with Gasteiger partial charge in [0.2, 0.25) is 0 Å². The monoisotopic (exact) mass is 151 g/mol. The van der Waals surface area contributed by atoms with Crippen molar-refractivity contribution in [3.05, 3.63) is 11.1 Å². The molecule has 1 saturated carbocycles. The van der Waals surface area contributed by atoms with Crippen molar-refractivity contribution in [1.82, 2.24) is 0 Å². The zero-order chi connectivity index (χ0) is 8.01. The van der Waals surface area contributed by atoms with Gasteiger partial charge < -0.3 is 5.73 Å². The van der Waals surface area contributed by atoms with Crippen molar-refractivity contribution < 1.29 is 0 Å². The Balaban J connectivity index is 2.33. The molecule has 0 heterocycles. The zero-order valence-electron chi connectivity index (χ0n) is 7.43. The van der Waals surface area contributed by atoms with Crippen LogP contribution in [0.5, 0.6) is 0 Å². The highest BCUT2D eigenvalue weighted by Gasteiger charge is 2.38. The Kier molecular flexibility index (Phi) is 1.57. The van der Waals surface area contributed by atoms with Crippen LogP contribution < -0.4 is 5.73 Å². The van der Waals surface area contributed by atoms with E-state index in [0.29, 0.717) is 6.04 Å². The van der Waals surface area contributed by atoms with Gasteiger partial charge in [-0.3, -0.25) is 0 Å². The van der Waals surface area contributed by atoms with Crippen molar-refractivity contribution in [2.24, 2.45) is 17.6 Å². The van der Waals surface area contributed by atoms with Crippen LogP contribution in [0.1, 0.15) is 33.1 Å². The Bertz CT molecular complexity index is 185. The molecule has 2 N–H and O–H groups in total. The molecule has 0 aromatic heterocycles. The van der Waals surface area contributed by atoms with Crippen molar-refractivity contribution >= 4 is 0 Å². The molecule has 2 rings (SSSR count). The number of hydrogen-bond acceptors (Lipinski definition) is 1. The molecule has 0 aliphatic heterocycles. The van der Waals surface area contributed by atoms with Gasteiger partial charge in [-0.2, -0.15) is 0 Å². The third-order valence-corrected chi connectivity index (χ3v) is 3.69. The lowest BCUT2D eigenvalue weighted by atomic mass is 9.81. The third-order valence-electron chi connectivity index (χ3n) is 3.69. The number of rotatable bonds is 0. The van der Waals surface area contributed by atoms with Crippen LogP contribution in [0, 0.1) is 11.8 Å². The van der Waals surface area contributed by atoms with Crippen LogP contribution in [0.4, 0.5) is 0 Å². The fourth-order valence-corrected chi connectivity index (χ4v) is 2.82. The van der Waals surface area contributed by atoms with Gasteiger partial charge in [-0.05, 0) is 38.5 Å². The molecular weight excluding hydrogens is 134 g/mol. The summed E-state index contributed by atoms with van der Waals surface area (Å²) >= 11 is 0. The van der Waals surface area contributed by atoms with Crippen molar-refractivity contribution in [2.75, 3.05) is 0 Å². The lowest BCUT2D eigenvalue weighted by molar-refractivity contribution is 0.313. The quantitative estimate of drug-likeness (QED) is 0.527. The Morgan fingerprint density at radius 1 is 1.09 bits per heavy atom. The van der Waals surface area contributed by atoms with Gasteiger partial charge in [0, 0.05) is 6.04 Å². The van der Waals surface area contributed by atoms with Crippen LogP contribution in [-0.2, 0) is 0 Å². The van der Waals surface area contributed by atoms with Crippen LogP contribution in [0.2, 0.25) is 0 Å². The summed E-state index contributed by atoms with van der Waals surface area (Å²) in [6, 6.07) is 0.462. The predicted molar refractivity (Wildman–Crippen MR) is 47.2 cm³/mol. The van der Waals surface area contributed by atoms with Crippen LogP contribution in [0.25, 0.3) is 0 Å². The first-order chi connectivity index (χ1) is 5.22. The van der Waals surface area contributed by atoms with Crippen molar-refractivity contribution in [3.8, 4) is 0 Å². The summed E-state index contributed by atoms with van der Waals surface area (Å²) in [7, 11) is 0. The van der Waals surface area contributed by atoms with E-state index in [1.54, 1.807) is 11.1 Å². The fraction of sp³-hybridized carbons (Fsp3) is 0.800. The Hall–Kier alpha value is -0.300. The maximum absolute atomic E-state index is 6.12. The third kappa shape index (κ3) is 0.871. The SMILES string of the molecule is CC1=C(C)[C@@H]2CCC[C@H]1C2N. The second-order valence-corrected chi connectivity index (χ2v) is 4.09. The minimum atomic E-state index is 0.462. The maximum Gasteiger partial charge on any atom is 0.0171 e. The minimum absolute atomic E-state index is 0.462. The standard InChI is InChI=1S/C10H17N/c1-6-7(2)9-5-3-4-8(6)10(9)11/h8-10H,3-5,11H2,1-2H3/t8-,9+,10?. The predicted octanol–water partition coefficient (Wildman–Crippen LogP) is 2.08. The molecule has 0 aromatic rings. The van der Waals surface area contributed by atoms with Gasteiger partial charge in [-0.1, -0.05) is 17.6 Å². The maximum atomic E-state index is 6.12. The lowest BCUT2D eigenvalue weighted by Crippen LogP contribution is -2.36. The summed E-state index contributed by atoms with van der Waals surface area (Å²) in [5.41, 5.74) is 9.32. The first-order valence-corrected chi connectivity index (χ1v) is 4.64. The first-order valence-electron chi connectivity index (χ1n) is 4.64. The normalized spacial score (nSPS) is 43.4. The van der Waals surface area contributed by atoms with Crippen LogP contribution >= 0.6 is 0 Å².